The fourth-order valence-electron chi connectivity index (χ4n) is 5.36. The summed E-state index contributed by atoms with van der Waals surface area (Å²) >= 11 is 0. The van der Waals surface area contributed by atoms with Gasteiger partial charge in [-0.2, -0.15) is 5.26 Å². The highest BCUT2D eigenvalue weighted by molar-refractivity contribution is 6.08. The van der Waals surface area contributed by atoms with Gasteiger partial charge in [0, 0.05) is 24.7 Å². The fraction of sp³-hybridized carbons (Fsp3) is 0.0541. The first-order valence-electron chi connectivity index (χ1n) is 14.0. The number of hydrogen-bond acceptors (Lipinski definition) is 3. The van der Waals surface area contributed by atoms with Gasteiger partial charge in [0.25, 0.3) is 5.91 Å². The van der Waals surface area contributed by atoms with Gasteiger partial charge in [-0.25, -0.2) is 9.18 Å². The lowest BCUT2D eigenvalue weighted by Crippen LogP contribution is -2.23. The van der Waals surface area contributed by atoms with E-state index in [-0.39, 0.29) is 23.6 Å². The van der Waals surface area contributed by atoms with Gasteiger partial charge in [0.2, 0.25) is 0 Å². The molecule has 1 amide bonds. The molecule has 6 nitrogen and oxygen atoms in total. The zero-order chi connectivity index (χ0) is 30.6. The number of fused-ring (bicyclic) bond motifs is 1. The second-order valence-corrected chi connectivity index (χ2v) is 10.5. The SMILES string of the molecule is N#Cc1cc(F)cc(-c2cc(C(=O)NCc3ccc(C(=O)O)cc3)c3c(ccn3Cc3cccc(-c4ccccc4)c3)c2)c1. The van der Waals surface area contributed by atoms with Gasteiger partial charge in [-0.15, -0.1) is 0 Å². The molecule has 0 unspecified atom stereocenters. The summed E-state index contributed by atoms with van der Waals surface area (Å²) in [4.78, 5) is 25.0. The second kappa shape index (κ2) is 12.1. The van der Waals surface area contributed by atoms with Crippen molar-refractivity contribution < 1.29 is 19.1 Å². The Kier molecular flexibility index (Phi) is 7.73. The minimum atomic E-state index is -1.02. The Morgan fingerprint density at radius 1 is 0.773 bits per heavy atom. The van der Waals surface area contributed by atoms with Crippen molar-refractivity contribution in [3.63, 3.8) is 0 Å². The van der Waals surface area contributed by atoms with Crippen LogP contribution in [0.25, 0.3) is 33.2 Å². The highest BCUT2D eigenvalue weighted by atomic mass is 19.1. The van der Waals surface area contributed by atoms with Gasteiger partial charge in [0.15, 0.2) is 0 Å². The number of hydrogen-bond donors (Lipinski definition) is 2. The fourth-order valence-corrected chi connectivity index (χ4v) is 5.36. The monoisotopic (exact) mass is 579 g/mol. The lowest BCUT2D eigenvalue weighted by molar-refractivity contribution is 0.0696. The Balaban J connectivity index is 1.39. The molecule has 6 rings (SSSR count). The predicted molar refractivity (Wildman–Crippen MR) is 168 cm³/mol. The van der Waals surface area contributed by atoms with Crippen molar-refractivity contribution in [2.24, 2.45) is 0 Å². The summed E-state index contributed by atoms with van der Waals surface area (Å²) < 4.78 is 16.4. The number of nitrogens with one attached hydrogen (secondary N) is 1. The molecule has 214 valence electrons. The molecular weight excluding hydrogens is 553 g/mol. The van der Waals surface area contributed by atoms with E-state index in [1.54, 1.807) is 24.3 Å². The van der Waals surface area contributed by atoms with Crippen molar-refractivity contribution in [3.8, 4) is 28.3 Å². The number of aromatic nitrogens is 1. The average molecular weight is 580 g/mol. The molecule has 44 heavy (non-hydrogen) atoms. The molecule has 1 heterocycles. The molecule has 0 saturated carbocycles. The molecule has 0 bridgehead atoms. The summed E-state index contributed by atoms with van der Waals surface area (Å²) in [6.45, 7) is 0.696. The zero-order valence-electron chi connectivity index (χ0n) is 23.5. The van der Waals surface area contributed by atoms with E-state index >= 15 is 0 Å². The maximum atomic E-state index is 14.4. The molecule has 0 fully saturated rings. The smallest absolute Gasteiger partial charge is 0.335 e. The van der Waals surface area contributed by atoms with Crippen LogP contribution in [-0.4, -0.2) is 21.6 Å². The molecule has 1 aromatic heterocycles. The quantitative estimate of drug-likeness (QED) is 0.194. The summed E-state index contributed by atoms with van der Waals surface area (Å²) in [5, 5.41) is 22.3. The van der Waals surface area contributed by atoms with Crippen molar-refractivity contribution in [1.82, 2.24) is 9.88 Å². The van der Waals surface area contributed by atoms with Crippen LogP contribution in [0.1, 0.15) is 37.4 Å². The number of halogens is 1. The van der Waals surface area contributed by atoms with E-state index in [0.29, 0.717) is 23.2 Å². The maximum absolute atomic E-state index is 14.4. The first-order chi connectivity index (χ1) is 21.4. The van der Waals surface area contributed by atoms with Gasteiger partial charge in [-0.1, -0.05) is 60.7 Å². The molecule has 0 radical (unpaired) electrons. The first kappa shape index (κ1) is 28.1. The summed E-state index contributed by atoms with van der Waals surface area (Å²) in [5.74, 6) is -1.90. The van der Waals surface area contributed by atoms with E-state index in [9.17, 15) is 24.3 Å². The van der Waals surface area contributed by atoms with Crippen LogP contribution in [-0.2, 0) is 13.1 Å². The summed E-state index contributed by atoms with van der Waals surface area (Å²) in [5.41, 5.74) is 6.56. The van der Waals surface area contributed by atoms with E-state index in [1.165, 1.54) is 24.3 Å². The summed E-state index contributed by atoms with van der Waals surface area (Å²) in [6.07, 6.45) is 1.93. The normalized spacial score (nSPS) is 10.8. The lowest BCUT2D eigenvalue weighted by atomic mass is 9.98. The Morgan fingerprint density at radius 3 is 2.27 bits per heavy atom. The van der Waals surface area contributed by atoms with Gasteiger partial charge < -0.3 is 15.0 Å². The van der Waals surface area contributed by atoms with Crippen LogP contribution in [0.5, 0.6) is 0 Å². The topological polar surface area (TPSA) is 95.1 Å². The third kappa shape index (κ3) is 5.96. The molecular formula is C37H26FN3O3. The molecule has 0 aliphatic heterocycles. The van der Waals surface area contributed by atoms with E-state index in [2.05, 4.69) is 29.6 Å². The molecule has 0 atom stereocenters. The van der Waals surface area contributed by atoms with Gasteiger partial charge in [-0.05, 0) is 88.0 Å². The third-order valence-electron chi connectivity index (χ3n) is 7.51. The van der Waals surface area contributed by atoms with Crippen molar-refractivity contribution in [2.75, 3.05) is 0 Å². The highest BCUT2D eigenvalue weighted by Gasteiger charge is 2.18. The zero-order valence-corrected chi connectivity index (χ0v) is 23.5. The third-order valence-corrected chi connectivity index (χ3v) is 7.51. The van der Waals surface area contributed by atoms with Gasteiger partial charge in [-0.3, -0.25) is 4.79 Å². The molecule has 2 N–H and O–H groups in total. The van der Waals surface area contributed by atoms with Gasteiger partial charge in [0.1, 0.15) is 5.82 Å². The molecule has 0 aliphatic carbocycles. The predicted octanol–water partition coefficient (Wildman–Crippen LogP) is 7.66. The number of carbonyl (C=O) groups excluding carboxylic acids is 1. The Bertz CT molecular complexity index is 2060. The van der Waals surface area contributed by atoms with Crippen molar-refractivity contribution in [1.29, 1.82) is 5.26 Å². The Labute approximate surface area is 253 Å². The minimum Gasteiger partial charge on any atom is -0.478 e. The number of rotatable bonds is 8. The van der Waals surface area contributed by atoms with E-state index in [0.717, 1.165) is 33.2 Å². The van der Waals surface area contributed by atoms with Gasteiger partial charge in [0.05, 0.1) is 28.3 Å². The number of carbonyl (C=O) groups is 2. The number of aromatic carboxylic acids is 1. The Morgan fingerprint density at radius 2 is 1.52 bits per heavy atom. The highest BCUT2D eigenvalue weighted by Crippen LogP contribution is 2.31. The van der Waals surface area contributed by atoms with E-state index in [1.807, 2.05) is 59.3 Å². The van der Waals surface area contributed by atoms with Crippen LogP contribution in [0.2, 0.25) is 0 Å². The number of carboxylic acids is 1. The van der Waals surface area contributed by atoms with Gasteiger partial charge >= 0.3 is 5.97 Å². The number of carboxylic acid groups (broad SMARTS) is 1. The first-order valence-corrected chi connectivity index (χ1v) is 14.0. The van der Waals surface area contributed by atoms with E-state index in [4.69, 9.17) is 0 Å². The van der Waals surface area contributed by atoms with Crippen LogP contribution in [0.4, 0.5) is 4.39 Å². The molecule has 6 aromatic rings. The van der Waals surface area contributed by atoms with Crippen LogP contribution in [0.3, 0.4) is 0 Å². The molecule has 0 saturated heterocycles. The average Bonchev–Trinajstić information content (AvgIpc) is 3.46. The number of amides is 1. The number of benzene rings is 5. The van der Waals surface area contributed by atoms with Crippen LogP contribution < -0.4 is 5.32 Å². The maximum Gasteiger partial charge on any atom is 0.335 e. The van der Waals surface area contributed by atoms with Crippen molar-refractivity contribution >= 4 is 22.8 Å². The van der Waals surface area contributed by atoms with Crippen molar-refractivity contribution in [2.45, 2.75) is 13.1 Å². The van der Waals surface area contributed by atoms with E-state index < -0.39 is 11.8 Å². The molecule has 0 aliphatic rings. The van der Waals surface area contributed by atoms with Crippen molar-refractivity contribution in [3.05, 3.63) is 155 Å². The second-order valence-electron chi connectivity index (χ2n) is 10.5. The van der Waals surface area contributed by atoms with Crippen LogP contribution in [0.15, 0.2) is 121 Å². The number of nitrogens with zero attached hydrogens (tertiary/aromatic N) is 2. The van der Waals surface area contributed by atoms with Crippen LogP contribution in [0, 0.1) is 17.1 Å². The lowest BCUT2D eigenvalue weighted by Gasteiger charge is -2.14. The standard InChI is InChI=1S/C37H26FN3O3/c38-33-17-26(21-39)16-31(19-33)32-18-30-13-14-41(23-25-5-4-8-29(15-25)27-6-2-1-3-7-27)35(30)34(20-32)36(42)40-22-24-9-11-28(12-10-24)37(43)44/h1-20H,22-23H2,(H,40,42)(H,43,44). The molecule has 7 heteroatoms. The molecule has 0 spiro atoms. The largest absolute Gasteiger partial charge is 0.478 e. The van der Waals surface area contributed by atoms with Crippen LogP contribution >= 0.6 is 0 Å². The number of nitriles is 1. The molecule has 5 aromatic carbocycles. The minimum absolute atomic E-state index is 0.162. The Hall–Kier alpha value is -6.00. The summed E-state index contributed by atoms with van der Waals surface area (Å²) in [6, 6.07) is 36.3. The summed E-state index contributed by atoms with van der Waals surface area (Å²) in [7, 11) is 0.